The first kappa shape index (κ1) is 23.3. The van der Waals surface area contributed by atoms with E-state index in [1.807, 2.05) is 71.6 Å². The highest BCUT2D eigenvalue weighted by molar-refractivity contribution is 7.89. The van der Waals surface area contributed by atoms with E-state index in [-0.39, 0.29) is 4.90 Å². The maximum absolute atomic E-state index is 13.2. The molecule has 1 fully saturated rings. The zero-order valence-electron chi connectivity index (χ0n) is 18.8. The van der Waals surface area contributed by atoms with Gasteiger partial charge in [0.15, 0.2) is 5.82 Å². The molecule has 0 saturated carbocycles. The van der Waals surface area contributed by atoms with Crippen LogP contribution in [0.1, 0.15) is 0 Å². The Morgan fingerprint density at radius 2 is 1.37 bits per heavy atom. The van der Waals surface area contributed by atoms with Gasteiger partial charge in [-0.2, -0.15) is 4.31 Å². The summed E-state index contributed by atoms with van der Waals surface area (Å²) in [4.78, 5) is 2.29. The maximum atomic E-state index is 13.2. The van der Waals surface area contributed by atoms with Gasteiger partial charge < -0.3 is 9.64 Å². The van der Waals surface area contributed by atoms with E-state index < -0.39 is 10.0 Å². The summed E-state index contributed by atoms with van der Waals surface area (Å²) in [6.07, 6.45) is 0. The molecule has 35 heavy (non-hydrogen) atoms. The highest BCUT2D eigenvalue weighted by Gasteiger charge is 2.29. The van der Waals surface area contributed by atoms with E-state index in [0.29, 0.717) is 42.7 Å². The summed E-state index contributed by atoms with van der Waals surface area (Å²) in [6, 6.07) is 27.1. The molecule has 0 unspecified atom stereocenters. The van der Waals surface area contributed by atoms with E-state index in [2.05, 4.69) is 10.2 Å². The minimum Gasteiger partial charge on any atom is -0.457 e. The Morgan fingerprint density at radius 3 is 2.00 bits per heavy atom. The number of halogens is 1. The Bertz CT molecular complexity index is 1370. The van der Waals surface area contributed by atoms with Crippen molar-refractivity contribution in [3.05, 3.63) is 96.0 Å². The quantitative estimate of drug-likeness (QED) is 0.362. The number of benzene rings is 3. The van der Waals surface area contributed by atoms with Crippen LogP contribution in [0.15, 0.2) is 95.9 Å². The number of ether oxygens (including phenoxy) is 1. The number of hydrogen-bond acceptors (Lipinski definition) is 6. The van der Waals surface area contributed by atoms with Crippen LogP contribution in [0.5, 0.6) is 11.5 Å². The molecule has 0 aliphatic carbocycles. The lowest BCUT2D eigenvalue weighted by molar-refractivity contribution is 0.383. The van der Waals surface area contributed by atoms with Crippen molar-refractivity contribution in [2.75, 3.05) is 31.1 Å². The predicted molar refractivity (Wildman–Crippen MR) is 136 cm³/mol. The minimum atomic E-state index is -3.60. The molecule has 5 rings (SSSR count). The standard InChI is InChI=1S/C26H23ClN4O3S/c27-21-8-6-20(7-9-21)25-14-15-26(29-28-25)30-16-18-31(19-17-30)35(32,33)24-12-10-23(11-13-24)34-22-4-2-1-3-5-22/h1-15H,16-19H2. The lowest BCUT2D eigenvalue weighted by Crippen LogP contribution is -2.48. The summed E-state index contributed by atoms with van der Waals surface area (Å²) in [7, 11) is -3.60. The van der Waals surface area contributed by atoms with Crippen LogP contribution in [-0.2, 0) is 10.0 Å². The summed E-state index contributed by atoms with van der Waals surface area (Å²) < 4.78 is 33.6. The second-order valence-electron chi connectivity index (χ2n) is 8.06. The Kier molecular flexibility index (Phi) is 6.68. The second kappa shape index (κ2) is 10.0. The molecular weight excluding hydrogens is 484 g/mol. The number of nitrogens with zero attached hydrogens (tertiary/aromatic N) is 4. The van der Waals surface area contributed by atoms with Gasteiger partial charge in [0.2, 0.25) is 10.0 Å². The smallest absolute Gasteiger partial charge is 0.243 e. The fourth-order valence-electron chi connectivity index (χ4n) is 3.88. The van der Waals surface area contributed by atoms with E-state index in [0.717, 1.165) is 17.1 Å². The number of para-hydroxylation sites is 1. The van der Waals surface area contributed by atoms with E-state index >= 15 is 0 Å². The van der Waals surface area contributed by atoms with Gasteiger partial charge in [-0.3, -0.25) is 0 Å². The van der Waals surface area contributed by atoms with Crippen LogP contribution in [0.25, 0.3) is 11.3 Å². The number of hydrogen-bond donors (Lipinski definition) is 0. The van der Waals surface area contributed by atoms with Crippen molar-refractivity contribution in [1.82, 2.24) is 14.5 Å². The Hall–Kier alpha value is -3.46. The fraction of sp³-hybridized carbons (Fsp3) is 0.154. The van der Waals surface area contributed by atoms with Crippen molar-refractivity contribution in [3.63, 3.8) is 0 Å². The van der Waals surface area contributed by atoms with Crippen LogP contribution in [0.3, 0.4) is 0 Å². The monoisotopic (exact) mass is 506 g/mol. The lowest BCUT2D eigenvalue weighted by Gasteiger charge is -2.34. The van der Waals surface area contributed by atoms with Gasteiger partial charge in [0, 0.05) is 36.8 Å². The van der Waals surface area contributed by atoms with Gasteiger partial charge in [0.05, 0.1) is 10.6 Å². The highest BCUT2D eigenvalue weighted by atomic mass is 35.5. The third-order valence-electron chi connectivity index (χ3n) is 5.79. The van der Waals surface area contributed by atoms with Crippen molar-refractivity contribution in [2.45, 2.75) is 4.90 Å². The summed E-state index contributed by atoms with van der Waals surface area (Å²) in [5.74, 6) is 2.01. The Balaban J connectivity index is 1.21. The van der Waals surface area contributed by atoms with Crippen LogP contribution >= 0.6 is 11.6 Å². The second-order valence-corrected chi connectivity index (χ2v) is 10.4. The Labute approximate surface area is 209 Å². The highest BCUT2D eigenvalue weighted by Crippen LogP contribution is 2.26. The molecule has 0 atom stereocenters. The predicted octanol–water partition coefficient (Wildman–Crippen LogP) is 5.10. The van der Waals surface area contributed by atoms with Crippen LogP contribution in [-0.4, -0.2) is 49.1 Å². The molecule has 1 aliphatic rings. The van der Waals surface area contributed by atoms with E-state index in [4.69, 9.17) is 16.3 Å². The van der Waals surface area contributed by atoms with Crippen molar-refractivity contribution in [3.8, 4) is 22.8 Å². The van der Waals surface area contributed by atoms with Gasteiger partial charge in [-0.05, 0) is 60.7 Å². The van der Waals surface area contributed by atoms with Crippen LogP contribution in [0.4, 0.5) is 5.82 Å². The number of anilines is 1. The summed E-state index contributed by atoms with van der Waals surface area (Å²) in [6.45, 7) is 1.79. The van der Waals surface area contributed by atoms with Crippen LogP contribution in [0.2, 0.25) is 5.02 Å². The number of aromatic nitrogens is 2. The largest absolute Gasteiger partial charge is 0.457 e. The molecule has 0 radical (unpaired) electrons. The van der Waals surface area contributed by atoms with Crippen LogP contribution in [0, 0.1) is 0 Å². The molecule has 7 nitrogen and oxygen atoms in total. The average Bonchev–Trinajstić information content (AvgIpc) is 2.90. The van der Waals surface area contributed by atoms with Crippen molar-refractivity contribution in [1.29, 1.82) is 0 Å². The summed E-state index contributed by atoms with van der Waals surface area (Å²) >= 11 is 5.95. The molecular formula is C26H23ClN4O3S. The molecule has 9 heteroatoms. The van der Waals surface area contributed by atoms with Crippen molar-refractivity contribution in [2.24, 2.45) is 0 Å². The first-order chi connectivity index (χ1) is 17.0. The van der Waals surface area contributed by atoms with Crippen molar-refractivity contribution < 1.29 is 13.2 Å². The molecule has 0 N–H and O–H groups in total. The minimum absolute atomic E-state index is 0.249. The molecule has 1 aliphatic heterocycles. The third-order valence-corrected chi connectivity index (χ3v) is 7.96. The summed E-state index contributed by atoms with van der Waals surface area (Å²) in [5.41, 5.74) is 1.69. The van der Waals surface area contributed by atoms with E-state index in [1.165, 1.54) is 4.31 Å². The zero-order chi connectivity index (χ0) is 24.3. The fourth-order valence-corrected chi connectivity index (χ4v) is 5.43. The first-order valence-corrected chi connectivity index (χ1v) is 13.0. The SMILES string of the molecule is O=S(=O)(c1ccc(Oc2ccccc2)cc1)N1CCN(c2ccc(-c3ccc(Cl)cc3)nn2)CC1. The number of sulfonamides is 1. The van der Waals surface area contributed by atoms with Gasteiger partial charge in [0.25, 0.3) is 0 Å². The lowest BCUT2D eigenvalue weighted by atomic mass is 10.1. The first-order valence-electron chi connectivity index (χ1n) is 11.2. The van der Waals surface area contributed by atoms with E-state index in [9.17, 15) is 8.42 Å². The number of rotatable bonds is 6. The summed E-state index contributed by atoms with van der Waals surface area (Å²) in [5, 5.41) is 9.35. The van der Waals surface area contributed by atoms with Gasteiger partial charge >= 0.3 is 0 Å². The Morgan fingerprint density at radius 1 is 0.714 bits per heavy atom. The van der Waals surface area contributed by atoms with Gasteiger partial charge in [-0.25, -0.2) is 8.42 Å². The van der Waals surface area contributed by atoms with Crippen LogP contribution < -0.4 is 9.64 Å². The molecule has 4 aromatic rings. The molecule has 178 valence electrons. The topological polar surface area (TPSA) is 75.6 Å². The molecule has 3 aromatic carbocycles. The molecule has 0 spiro atoms. The molecule has 2 heterocycles. The van der Waals surface area contributed by atoms with Gasteiger partial charge in [-0.1, -0.05) is 41.9 Å². The van der Waals surface area contributed by atoms with Gasteiger partial charge in [0.1, 0.15) is 11.5 Å². The van der Waals surface area contributed by atoms with Crippen molar-refractivity contribution >= 4 is 27.4 Å². The molecule has 1 aromatic heterocycles. The normalized spacial score (nSPS) is 14.6. The average molecular weight is 507 g/mol. The molecule has 0 amide bonds. The molecule has 0 bridgehead atoms. The van der Waals surface area contributed by atoms with Gasteiger partial charge in [-0.15, -0.1) is 10.2 Å². The number of piperazine rings is 1. The zero-order valence-corrected chi connectivity index (χ0v) is 20.4. The third kappa shape index (κ3) is 5.30. The van der Waals surface area contributed by atoms with E-state index in [1.54, 1.807) is 24.3 Å². The maximum Gasteiger partial charge on any atom is 0.243 e. The molecule has 1 saturated heterocycles.